The summed E-state index contributed by atoms with van der Waals surface area (Å²) in [6.45, 7) is 0.0534. The van der Waals surface area contributed by atoms with E-state index in [1.165, 1.54) is 0 Å². The summed E-state index contributed by atoms with van der Waals surface area (Å²) in [6.07, 6.45) is 0. The van der Waals surface area contributed by atoms with Crippen molar-refractivity contribution in [1.29, 1.82) is 0 Å². The van der Waals surface area contributed by atoms with E-state index in [0.717, 1.165) is 16.3 Å². The number of nitrogen functional groups attached to an aromatic ring is 1. The number of nitrogens with two attached hydrogens (primary N) is 2. The highest BCUT2D eigenvalue weighted by Gasteiger charge is 2.15. The van der Waals surface area contributed by atoms with Crippen molar-refractivity contribution in [1.82, 2.24) is 5.32 Å². The van der Waals surface area contributed by atoms with Gasteiger partial charge < -0.3 is 21.5 Å². The van der Waals surface area contributed by atoms with Crippen LogP contribution in [-0.2, 0) is 11.4 Å². The number of hydrogen-bond donors (Lipinski definition) is 3. The van der Waals surface area contributed by atoms with E-state index in [4.69, 9.17) is 16.2 Å². The number of fused-ring (bicyclic) bond motifs is 1. The van der Waals surface area contributed by atoms with Crippen molar-refractivity contribution in [3.8, 4) is 5.75 Å². The second-order valence-electron chi connectivity index (χ2n) is 5.87. The van der Waals surface area contributed by atoms with Crippen LogP contribution < -0.4 is 21.5 Å². The minimum Gasteiger partial charge on any atom is -0.488 e. The first-order valence-electron chi connectivity index (χ1n) is 8.09. The van der Waals surface area contributed by atoms with Crippen LogP contribution in [0.5, 0.6) is 5.75 Å². The van der Waals surface area contributed by atoms with Gasteiger partial charge in [0, 0.05) is 5.69 Å². The number of anilines is 1. The van der Waals surface area contributed by atoms with Crippen LogP contribution in [0.2, 0.25) is 0 Å². The molecule has 3 rings (SSSR count). The Kier molecular flexibility index (Phi) is 5.03. The van der Waals surface area contributed by atoms with E-state index in [9.17, 15) is 9.59 Å². The molecule has 0 aromatic heterocycles. The van der Waals surface area contributed by atoms with Crippen molar-refractivity contribution in [2.24, 2.45) is 5.73 Å². The summed E-state index contributed by atoms with van der Waals surface area (Å²) in [5, 5.41) is 4.35. The molecule has 0 saturated carbocycles. The Morgan fingerprint density at radius 3 is 2.27 bits per heavy atom. The average Bonchev–Trinajstić information content (AvgIpc) is 2.65. The van der Waals surface area contributed by atoms with Crippen LogP contribution in [0.1, 0.15) is 15.9 Å². The van der Waals surface area contributed by atoms with E-state index in [2.05, 4.69) is 5.32 Å². The highest BCUT2D eigenvalue weighted by atomic mass is 16.5. The number of rotatable bonds is 6. The van der Waals surface area contributed by atoms with Gasteiger partial charge in [0.15, 0.2) is 0 Å². The van der Waals surface area contributed by atoms with Crippen LogP contribution in [-0.4, -0.2) is 18.4 Å². The summed E-state index contributed by atoms with van der Waals surface area (Å²) in [5.41, 5.74) is 12.7. The summed E-state index contributed by atoms with van der Waals surface area (Å²) in [7, 11) is 0. The molecule has 0 aliphatic rings. The zero-order valence-corrected chi connectivity index (χ0v) is 14.1. The van der Waals surface area contributed by atoms with Gasteiger partial charge >= 0.3 is 0 Å². The van der Waals surface area contributed by atoms with Crippen molar-refractivity contribution in [3.63, 3.8) is 0 Å². The van der Waals surface area contributed by atoms with Gasteiger partial charge in [0.2, 0.25) is 5.91 Å². The number of amides is 2. The molecule has 2 amide bonds. The monoisotopic (exact) mass is 349 g/mol. The Balaban J connectivity index is 1.90. The average molecular weight is 349 g/mol. The minimum atomic E-state index is -0.608. The third-order valence-electron chi connectivity index (χ3n) is 3.89. The summed E-state index contributed by atoms with van der Waals surface area (Å²) in [4.78, 5) is 23.4. The maximum atomic E-state index is 12.5. The number of benzene rings is 3. The van der Waals surface area contributed by atoms with Gasteiger partial charge in [-0.3, -0.25) is 9.59 Å². The highest BCUT2D eigenvalue weighted by Crippen LogP contribution is 2.27. The third kappa shape index (κ3) is 4.10. The molecule has 5 N–H and O–H groups in total. The number of hydrogen-bond acceptors (Lipinski definition) is 4. The largest absolute Gasteiger partial charge is 0.488 e. The lowest BCUT2D eigenvalue weighted by Gasteiger charge is -2.13. The first-order chi connectivity index (χ1) is 12.5. The standard InChI is InChI=1S/C20H19N3O3/c21-16-7-5-13(6-8-16)12-26-18-10-15-4-2-1-3-14(15)9-17(18)20(25)23-11-19(22)24/h1-10H,11-12,21H2,(H2,22,24)(H,23,25). The van der Waals surface area contributed by atoms with E-state index >= 15 is 0 Å². The SMILES string of the molecule is NC(=O)CNC(=O)c1cc2ccccc2cc1OCc1ccc(N)cc1. The highest BCUT2D eigenvalue weighted by molar-refractivity contribution is 6.02. The Bertz CT molecular complexity index is 952. The number of primary amides is 1. The molecule has 6 nitrogen and oxygen atoms in total. The minimum absolute atomic E-state index is 0.233. The number of carbonyl (C=O) groups excluding carboxylic acids is 2. The summed E-state index contributed by atoms with van der Waals surface area (Å²) >= 11 is 0. The Hall–Kier alpha value is -3.54. The molecule has 0 aliphatic carbocycles. The Morgan fingerprint density at radius 1 is 0.962 bits per heavy atom. The normalized spacial score (nSPS) is 10.5. The number of nitrogens with one attached hydrogen (secondary N) is 1. The fourth-order valence-corrected chi connectivity index (χ4v) is 2.55. The van der Waals surface area contributed by atoms with Crippen LogP contribution in [0, 0.1) is 0 Å². The molecule has 0 saturated heterocycles. The molecule has 0 fully saturated rings. The van der Waals surface area contributed by atoms with E-state index in [1.54, 1.807) is 18.2 Å². The molecular formula is C20H19N3O3. The quantitative estimate of drug-likeness (QED) is 0.593. The zero-order valence-electron chi connectivity index (χ0n) is 14.1. The smallest absolute Gasteiger partial charge is 0.255 e. The molecule has 0 spiro atoms. The molecule has 132 valence electrons. The van der Waals surface area contributed by atoms with Crippen LogP contribution in [0.4, 0.5) is 5.69 Å². The summed E-state index contributed by atoms with van der Waals surface area (Å²) in [6, 6.07) is 18.5. The topological polar surface area (TPSA) is 107 Å². The molecule has 0 heterocycles. The van der Waals surface area contributed by atoms with Crippen molar-refractivity contribution >= 4 is 28.3 Å². The first-order valence-corrected chi connectivity index (χ1v) is 8.09. The van der Waals surface area contributed by atoms with Gasteiger partial charge in [-0.25, -0.2) is 0 Å². The van der Waals surface area contributed by atoms with E-state index in [0.29, 0.717) is 17.0 Å². The van der Waals surface area contributed by atoms with Gasteiger partial charge in [0.25, 0.3) is 5.91 Å². The zero-order chi connectivity index (χ0) is 18.5. The summed E-state index contributed by atoms with van der Waals surface area (Å²) < 4.78 is 5.88. The van der Waals surface area contributed by atoms with Gasteiger partial charge in [-0.1, -0.05) is 36.4 Å². The van der Waals surface area contributed by atoms with Gasteiger partial charge in [-0.05, 0) is 40.6 Å². The predicted molar refractivity (Wildman–Crippen MR) is 101 cm³/mol. The molecule has 0 atom stereocenters. The van der Waals surface area contributed by atoms with Gasteiger partial charge in [-0.15, -0.1) is 0 Å². The first kappa shape index (κ1) is 17.3. The maximum absolute atomic E-state index is 12.5. The van der Waals surface area contributed by atoms with Gasteiger partial charge in [-0.2, -0.15) is 0 Å². The van der Waals surface area contributed by atoms with E-state index in [-0.39, 0.29) is 13.2 Å². The number of carbonyl (C=O) groups is 2. The van der Waals surface area contributed by atoms with E-state index < -0.39 is 11.8 Å². The van der Waals surface area contributed by atoms with Crippen LogP contribution >= 0.6 is 0 Å². The Labute approximate surface area is 150 Å². The molecule has 0 radical (unpaired) electrons. The van der Waals surface area contributed by atoms with E-state index in [1.807, 2.05) is 42.5 Å². The fraction of sp³-hybridized carbons (Fsp3) is 0.100. The van der Waals surface area contributed by atoms with Crippen molar-refractivity contribution in [3.05, 3.63) is 71.8 Å². The second kappa shape index (κ2) is 7.57. The molecule has 0 unspecified atom stereocenters. The molecule has 0 bridgehead atoms. The lowest BCUT2D eigenvalue weighted by molar-refractivity contribution is -0.117. The second-order valence-corrected chi connectivity index (χ2v) is 5.87. The van der Waals surface area contributed by atoms with Gasteiger partial charge in [0.05, 0.1) is 12.1 Å². The van der Waals surface area contributed by atoms with Crippen molar-refractivity contribution in [2.45, 2.75) is 6.61 Å². The molecule has 0 aliphatic heterocycles. The lowest BCUT2D eigenvalue weighted by atomic mass is 10.1. The molecule has 3 aromatic rings. The van der Waals surface area contributed by atoms with Crippen LogP contribution in [0.15, 0.2) is 60.7 Å². The number of ether oxygens (including phenoxy) is 1. The fourth-order valence-electron chi connectivity index (χ4n) is 2.55. The van der Waals surface area contributed by atoms with Gasteiger partial charge in [0.1, 0.15) is 12.4 Å². The predicted octanol–water partition coefficient (Wildman–Crippen LogP) is 2.22. The molecule has 26 heavy (non-hydrogen) atoms. The Morgan fingerprint density at radius 2 is 1.62 bits per heavy atom. The summed E-state index contributed by atoms with van der Waals surface area (Å²) in [5.74, 6) is -0.590. The van der Waals surface area contributed by atoms with Crippen LogP contribution in [0.25, 0.3) is 10.8 Å². The maximum Gasteiger partial charge on any atom is 0.255 e. The molecule has 6 heteroatoms. The van der Waals surface area contributed by atoms with Crippen molar-refractivity contribution < 1.29 is 14.3 Å². The third-order valence-corrected chi connectivity index (χ3v) is 3.89. The van der Waals surface area contributed by atoms with Crippen molar-refractivity contribution in [2.75, 3.05) is 12.3 Å². The lowest BCUT2D eigenvalue weighted by Crippen LogP contribution is -2.33. The van der Waals surface area contributed by atoms with Crippen LogP contribution in [0.3, 0.4) is 0 Å². The molecular weight excluding hydrogens is 330 g/mol. The molecule has 3 aromatic carbocycles.